The Labute approximate surface area is 111 Å². The van der Waals surface area contributed by atoms with Crippen molar-refractivity contribution in [1.82, 2.24) is 4.98 Å². The molecule has 0 aliphatic heterocycles. The molecule has 0 saturated carbocycles. The molecule has 0 spiro atoms. The maximum atomic E-state index is 13.4. The van der Waals surface area contributed by atoms with Crippen molar-refractivity contribution in [2.75, 3.05) is 12.1 Å². The summed E-state index contributed by atoms with van der Waals surface area (Å²) >= 11 is 0. The second-order valence-electron chi connectivity index (χ2n) is 3.09. The van der Waals surface area contributed by atoms with Gasteiger partial charge in [-0.2, -0.15) is 0 Å². The minimum absolute atomic E-state index is 0. The zero-order valence-corrected chi connectivity index (χ0v) is 10.9. The highest BCUT2D eigenvalue weighted by atomic mass is 127. The Morgan fingerprint density at radius 3 is 2.50 bits per heavy atom. The van der Waals surface area contributed by atoms with Crippen molar-refractivity contribution >= 4 is 5.82 Å². The van der Waals surface area contributed by atoms with E-state index in [4.69, 9.17) is 0 Å². The number of halogens is 2. The Kier molecular flexibility index (Phi) is 4.60. The fourth-order valence-electron chi connectivity index (χ4n) is 1.31. The lowest BCUT2D eigenvalue weighted by Gasteiger charge is -2.10. The van der Waals surface area contributed by atoms with Crippen LogP contribution in [0.5, 0.6) is 0 Å². The second-order valence-corrected chi connectivity index (χ2v) is 3.09. The third-order valence-corrected chi connectivity index (χ3v) is 2.09. The number of aromatic nitrogens is 2. The maximum Gasteiger partial charge on any atom is 0.223 e. The van der Waals surface area contributed by atoms with Gasteiger partial charge >= 0.3 is 0 Å². The molecular weight excluding hydrogens is 320 g/mol. The molecule has 0 aliphatic carbocycles. The SMILES string of the molecule is CN(c1ncccc1F)[n+]1ccccc1.[I-]. The highest BCUT2D eigenvalue weighted by Crippen LogP contribution is 2.10. The molecule has 2 aromatic rings. The van der Waals surface area contributed by atoms with Gasteiger partial charge in [-0.15, -0.1) is 5.01 Å². The Hall–Kier alpha value is -1.24. The van der Waals surface area contributed by atoms with Gasteiger partial charge in [0.15, 0.2) is 18.2 Å². The summed E-state index contributed by atoms with van der Waals surface area (Å²) in [7, 11) is 1.76. The van der Waals surface area contributed by atoms with Crippen molar-refractivity contribution in [2.24, 2.45) is 0 Å². The van der Waals surface area contributed by atoms with Crippen molar-refractivity contribution < 1.29 is 33.0 Å². The summed E-state index contributed by atoms with van der Waals surface area (Å²) in [5.41, 5.74) is 0. The van der Waals surface area contributed by atoms with Gasteiger partial charge in [0.1, 0.15) is 0 Å². The van der Waals surface area contributed by atoms with Crippen molar-refractivity contribution in [3.8, 4) is 0 Å². The summed E-state index contributed by atoms with van der Waals surface area (Å²) in [6.07, 6.45) is 5.22. The van der Waals surface area contributed by atoms with Gasteiger partial charge in [-0.25, -0.2) is 9.37 Å². The van der Waals surface area contributed by atoms with E-state index < -0.39 is 0 Å². The molecule has 0 aliphatic rings. The van der Waals surface area contributed by atoms with E-state index in [1.165, 1.54) is 6.07 Å². The molecule has 2 heterocycles. The number of rotatable bonds is 2. The first kappa shape index (κ1) is 12.8. The van der Waals surface area contributed by atoms with Gasteiger partial charge in [-0.3, -0.25) is 0 Å². The Morgan fingerprint density at radius 1 is 1.19 bits per heavy atom. The third-order valence-electron chi connectivity index (χ3n) is 2.09. The molecule has 3 nitrogen and oxygen atoms in total. The van der Waals surface area contributed by atoms with Crippen LogP contribution in [0.3, 0.4) is 0 Å². The molecule has 0 bridgehead atoms. The standard InChI is InChI=1S/C11H11FN3.HI/c1-14(15-8-3-2-4-9-15)11-10(12)6-5-7-13-11;/h2-9H,1H3;1H/q+1;/p-1. The lowest BCUT2D eigenvalue weighted by atomic mass is 10.4. The van der Waals surface area contributed by atoms with Crippen molar-refractivity contribution in [1.29, 1.82) is 0 Å². The van der Waals surface area contributed by atoms with Crippen LogP contribution in [-0.4, -0.2) is 12.0 Å². The highest BCUT2D eigenvalue weighted by molar-refractivity contribution is 5.34. The molecule has 0 aromatic carbocycles. The maximum absolute atomic E-state index is 13.4. The molecule has 0 N–H and O–H groups in total. The van der Waals surface area contributed by atoms with E-state index in [2.05, 4.69) is 4.98 Å². The van der Waals surface area contributed by atoms with Crippen LogP contribution in [0.1, 0.15) is 0 Å². The zero-order valence-electron chi connectivity index (χ0n) is 8.72. The van der Waals surface area contributed by atoms with Crippen LogP contribution < -0.4 is 33.7 Å². The van der Waals surface area contributed by atoms with Crippen molar-refractivity contribution in [2.45, 2.75) is 0 Å². The minimum atomic E-state index is -0.337. The van der Waals surface area contributed by atoms with Gasteiger partial charge in [-0.1, -0.05) is 10.7 Å². The van der Waals surface area contributed by atoms with Gasteiger partial charge in [0.25, 0.3) is 0 Å². The first-order valence-electron chi connectivity index (χ1n) is 4.60. The van der Waals surface area contributed by atoms with Crippen LogP contribution in [0.2, 0.25) is 0 Å². The number of hydrogen-bond donors (Lipinski definition) is 0. The Morgan fingerprint density at radius 2 is 1.88 bits per heavy atom. The number of anilines is 1. The van der Waals surface area contributed by atoms with Crippen molar-refractivity contribution in [3.05, 3.63) is 54.7 Å². The molecule has 16 heavy (non-hydrogen) atoms. The molecule has 0 radical (unpaired) electrons. The van der Waals surface area contributed by atoms with E-state index in [1.54, 1.807) is 29.0 Å². The molecule has 0 unspecified atom stereocenters. The number of nitrogens with zero attached hydrogens (tertiary/aromatic N) is 3. The lowest BCUT2D eigenvalue weighted by molar-refractivity contribution is -0.681. The number of hydrogen-bond acceptors (Lipinski definition) is 2. The predicted octanol–water partition coefficient (Wildman–Crippen LogP) is -1.59. The van der Waals surface area contributed by atoms with E-state index in [1.807, 2.05) is 30.6 Å². The minimum Gasteiger partial charge on any atom is -1.00 e. The summed E-state index contributed by atoms with van der Waals surface area (Å²) in [6, 6.07) is 8.61. The van der Waals surface area contributed by atoms with Gasteiger partial charge in [0, 0.05) is 18.3 Å². The largest absolute Gasteiger partial charge is 1.00 e. The number of pyridine rings is 2. The lowest BCUT2D eigenvalue weighted by Crippen LogP contribution is -3.00. The van der Waals surface area contributed by atoms with Crippen LogP contribution in [0, 0.1) is 5.82 Å². The fraction of sp³-hybridized carbons (Fsp3) is 0.0909. The molecule has 0 amide bonds. The summed E-state index contributed by atoms with van der Waals surface area (Å²) in [4.78, 5) is 3.98. The molecular formula is C11H11FIN3. The van der Waals surface area contributed by atoms with E-state index in [-0.39, 0.29) is 29.8 Å². The van der Waals surface area contributed by atoms with Gasteiger partial charge in [0.2, 0.25) is 5.82 Å². The normalized spacial score (nSPS) is 9.38. The summed E-state index contributed by atoms with van der Waals surface area (Å²) in [5.74, 6) is -0.0370. The molecule has 0 fully saturated rings. The summed E-state index contributed by atoms with van der Waals surface area (Å²) < 4.78 is 15.2. The Balaban J connectivity index is 0.00000128. The summed E-state index contributed by atoms with van der Waals surface area (Å²) in [6.45, 7) is 0. The molecule has 0 saturated heterocycles. The van der Waals surface area contributed by atoms with Crippen molar-refractivity contribution in [3.63, 3.8) is 0 Å². The zero-order chi connectivity index (χ0) is 10.7. The van der Waals surface area contributed by atoms with Crippen LogP contribution in [0.25, 0.3) is 0 Å². The topological polar surface area (TPSA) is 20.0 Å². The van der Waals surface area contributed by atoms with E-state index in [0.717, 1.165) is 0 Å². The third kappa shape index (κ3) is 2.66. The predicted molar refractivity (Wildman–Crippen MR) is 54.6 cm³/mol. The van der Waals surface area contributed by atoms with Crippen LogP contribution >= 0.6 is 0 Å². The molecule has 2 rings (SSSR count). The monoisotopic (exact) mass is 331 g/mol. The van der Waals surface area contributed by atoms with Gasteiger partial charge in [0.05, 0.1) is 7.05 Å². The second kappa shape index (κ2) is 5.74. The van der Waals surface area contributed by atoms with Gasteiger partial charge < -0.3 is 24.0 Å². The summed E-state index contributed by atoms with van der Waals surface area (Å²) in [5, 5.41) is 1.63. The van der Waals surface area contributed by atoms with Crippen LogP contribution in [-0.2, 0) is 0 Å². The first-order valence-corrected chi connectivity index (χ1v) is 4.60. The average molecular weight is 331 g/mol. The van der Waals surface area contributed by atoms with E-state index >= 15 is 0 Å². The van der Waals surface area contributed by atoms with E-state index in [9.17, 15) is 4.39 Å². The van der Waals surface area contributed by atoms with Gasteiger partial charge in [-0.05, 0) is 12.1 Å². The van der Waals surface area contributed by atoms with E-state index in [0.29, 0.717) is 5.82 Å². The molecule has 2 aromatic heterocycles. The molecule has 5 heteroatoms. The Bertz CT molecular complexity index is 450. The smallest absolute Gasteiger partial charge is 0.223 e. The quantitative estimate of drug-likeness (QED) is 0.489. The molecule has 84 valence electrons. The van der Waals surface area contributed by atoms with Crippen LogP contribution in [0.4, 0.5) is 10.2 Å². The van der Waals surface area contributed by atoms with Crippen LogP contribution in [0.15, 0.2) is 48.9 Å². The molecule has 0 atom stereocenters. The first-order chi connectivity index (χ1) is 7.29. The highest BCUT2D eigenvalue weighted by Gasteiger charge is 2.14. The average Bonchev–Trinajstić information content (AvgIpc) is 2.30. The fourth-order valence-corrected chi connectivity index (χ4v) is 1.31.